The summed E-state index contributed by atoms with van der Waals surface area (Å²) in [6, 6.07) is 6.75. The number of hydrogen-bond acceptors (Lipinski definition) is 3. The minimum Gasteiger partial charge on any atom is -0.394 e. The van der Waals surface area contributed by atoms with Gasteiger partial charge < -0.3 is 5.11 Å². The third-order valence-electron chi connectivity index (χ3n) is 3.18. The van der Waals surface area contributed by atoms with Gasteiger partial charge in [-0.05, 0) is 43.3 Å². The SMILES string of the molecule is CC(CO)N(c1cc(F)ccc1F)S(=O)(=O)c1ccc(Cl)cc1. The summed E-state index contributed by atoms with van der Waals surface area (Å²) in [6.07, 6.45) is 0. The molecule has 0 fully saturated rings. The molecule has 0 saturated heterocycles. The lowest BCUT2D eigenvalue weighted by molar-refractivity contribution is 0.274. The monoisotopic (exact) mass is 361 g/mol. The van der Waals surface area contributed by atoms with Gasteiger partial charge in [0.25, 0.3) is 10.0 Å². The Labute approximate surface area is 138 Å². The number of hydrogen-bond donors (Lipinski definition) is 1. The van der Waals surface area contributed by atoms with Gasteiger partial charge in [0.05, 0.1) is 23.2 Å². The van der Waals surface area contributed by atoms with Crippen molar-refractivity contribution < 1.29 is 22.3 Å². The van der Waals surface area contributed by atoms with E-state index in [0.717, 1.165) is 18.2 Å². The number of nitrogens with zero attached hydrogens (tertiary/aromatic N) is 1. The minimum absolute atomic E-state index is 0.147. The Morgan fingerprint density at radius 2 is 1.78 bits per heavy atom. The molecular weight excluding hydrogens is 348 g/mol. The smallest absolute Gasteiger partial charge is 0.264 e. The molecule has 0 bridgehead atoms. The fourth-order valence-corrected chi connectivity index (χ4v) is 3.83. The summed E-state index contributed by atoms with van der Waals surface area (Å²) in [5, 5.41) is 9.67. The molecule has 1 unspecified atom stereocenters. The summed E-state index contributed by atoms with van der Waals surface area (Å²) in [6.45, 7) is 0.820. The lowest BCUT2D eigenvalue weighted by Gasteiger charge is -2.29. The van der Waals surface area contributed by atoms with Crippen LogP contribution in [0.4, 0.5) is 14.5 Å². The predicted octanol–water partition coefficient (Wildman–Crippen LogP) is 3.19. The largest absolute Gasteiger partial charge is 0.394 e. The van der Waals surface area contributed by atoms with Gasteiger partial charge >= 0.3 is 0 Å². The van der Waals surface area contributed by atoms with Gasteiger partial charge in [0.1, 0.15) is 11.6 Å². The van der Waals surface area contributed by atoms with Gasteiger partial charge in [-0.15, -0.1) is 0 Å². The van der Waals surface area contributed by atoms with E-state index in [4.69, 9.17) is 11.6 Å². The van der Waals surface area contributed by atoms with Crippen LogP contribution in [0.2, 0.25) is 5.02 Å². The number of benzene rings is 2. The first kappa shape index (κ1) is 17.7. The van der Waals surface area contributed by atoms with E-state index in [0.29, 0.717) is 9.33 Å². The van der Waals surface area contributed by atoms with Crippen LogP contribution in [0.5, 0.6) is 0 Å². The fourth-order valence-electron chi connectivity index (χ4n) is 2.05. The van der Waals surface area contributed by atoms with Crippen molar-refractivity contribution in [2.24, 2.45) is 0 Å². The van der Waals surface area contributed by atoms with Crippen LogP contribution >= 0.6 is 11.6 Å². The molecule has 0 aliphatic carbocycles. The van der Waals surface area contributed by atoms with Crippen molar-refractivity contribution in [1.82, 2.24) is 0 Å². The zero-order chi connectivity index (χ0) is 17.2. The van der Waals surface area contributed by atoms with E-state index < -0.39 is 40.0 Å². The van der Waals surface area contributed by atoms with E-state index >= 15 is 0 Å². The van der Waals surface area contributed by atoms with E-state index in [-0.39, 0.29) is 4.90 Å². The van der Waals surface area contributed by atoms with Crippen molar-refractivity contribution in [3.8, 4) is 0 Å². The van der Waals surface area contributed by atoms with Crippen molar-refractivity contribution in [1.29, 1.82) is 0 Å². The van der Waals surface area contributed by atoms with Crippen LogP contribution in [0, 0.1) is 11.6 Å². The zero-order valence-corrected chi connectivity index (χ0v) is 13.7. The number of aliphatic hydroxyl groups excluding tert-OH is 1. The number of halogens is 3. The van der Waals surface area contributed by atoms with Crippen LogP contribution in [-0.4, -0.2) is 26.2 Å². The molecule has 8 heteroatoms. The van der Waals surface area contributed by atoms with E-state index in [1.165, 1.54) is 31.2 Å². The predicted molar refractivity (Wildman–Crippen MR) is 84.0 cm³/mol. The Kier molecular flexibility index (Phi) is 5.23. The van der Waals surface area contributed by atoms with E-state index in [1.54, 1.807) is 0 Å². The Balaban J connectivity index is 2.63. The first-order chi connectivity index (χ1) is 10.8. The summed E-state index contributed by atoms with van der Waals surface area (Å²) in [5.74, 6) is -1.70. The molecule has 1 N–H and O–H groups in total. The molecule has 23 heavy (non-hydrogen) atoms. The van der Waals surface area contributed by atoms with Gasteiger partial charge in [-0.2, -0.15) is 0 Å². The molecule has 124 valence electrons. The van der Waals surface area contributed by atoms with Crippen LogP contribution in [0.25, 0.3) is 0 Å². The molecule has 4 nitrogen and oxygen atoms in total. The lowest BCUT2D eigenvalue weighted by Crippen LogP contribution is -2.41. The van der Waals surface area contributed by atoms with Gasteiger partial charge in [-0.25, -0.2) is 17.2 Å². The Bertz CT molecular complexity index is 797. The van der Waals surface area contributed by atoms with Gasteiger partial charge in [0.2, 0.25) is 0 Å². The van der Waals surface area contributed by atoms with Gasteiger partial charge in [0, 0.05) is 11.1 Å². The van der Waals surface area contributed by atoms with Crippen LogP contribution in [0.1, 0.15) is 6.92 Å². The van der Waals surface area contributed by atoms with E-state index in [1.807, 2.05) is 0 Å². The average Bonchev–Trinajstić information content (AvgIpc) is 2.51. The maximum atomic E-state index is 14.1. The second-order valence-corrected chi connectivity index (χ2v) is 7.13. The average molecular weight is 362 g/mol. The molecule has 2 aromatic carbocycles. The highest BCUT2D eigenvalue weighted by molar-refractivity contribution is 7.92. The van der Waals surface area contributed by atoms with Crippen LogP contribution < -0.4 is 4.31 Å². The summed E-state index contributed by atoms with van der Waals surface area (Å²) < 4.78 is 53.7. The highest BCUT2D eigenvalue weighted by atomic mass is 35.5. The molecule has 0 aliphatic rings. The van der Waals surface area contributed by atoms with Crippen LogP contribution in [-0.2, 0) is 10.0 Å². The summed E-state index contributed by atoms with van der Waals surface area (Å²) in [4.78, 5) is -0.147. The molecule has 0 saturated carbocycles. The summed E-state index contributed by atoms with van der Waals surface area (Å²) >= 11 is 5.74. The van der Waals surface area contributed by atoms with Gasteiger partial charge in [0.15, 0.2) is 0 Å². The van der Waals surface area contributed by atoms with Crippen LogP contribution in [0.15, 0.2) is 47.4 Å². The van der Waals surface area contributed by atoms with Gasteiger partial charge in [-0.1, -0.05) is 11.6 Å². The number of anilines is 1. The number of rotatable bonds is 5. The van der Waals surface area contributed by atoms with E-state index in [9.17, 15) is 22.3 Å². The molecule has 0 spiro atoms. The molecular formula is C15H14ClF2NO3S. The van der Waals surface area contributed by atoms with Crippen molar-refractivity contribution in [3.05, 3.63) is 59.1 Å². The minimum atomic E-state index is -4.21. The second kappa shape index (κ2) is 6.82. The molecule has 2 rings (SSSR count). The molecule has 0 aromatic heterocycles. The maximum absolute atomic E-state index is 14.1. The molecule has 0 amide bonds. The second-order valence-electron chi connectivity index (χ2n) is 4.88. The Morgan fingerprint density at radius 3 is 2.35 bits per heavy atom. The number of sulfonamides is 1. The Morgan fingerprint density at radius 1 is 1.17 bits per heavy atom. The molecule has 0 heterocycles. The quantitative estimate of drug-likeness (QED) is 0.889. The highest BCUT2D eigenvalue weighted by Gasteiger charge is 2.31. The third-order valence-corrected chi connectivity index (χ3v) is 5.37. The summed E-state index contributed by atoms with van der Waals surface area (Å²) in [5.41, 5.74) is -0.471. The molecule has 0 aliphatic heterocycles. The first-order valence-corrected chi connectivity index (χ1v) is 8.45. The van der Waals surface area contributed by atoms with Crippen LogP contribution in [0.3, 0.4) is 0 Å². The normalized spacial score (nSPS) is 12.9. The molecule has 2 aromatic rings. The van der Waals surface area contributed by atoms with Crippen molar-refractivity contribution >= 4 is 27.3 Å². The van der Waals surface area contributed by atoms with Crippen molar-refractivity contribution in [3.63, 3.8) is 0 Å². The molecule has 0 radical (unpaired) electrons. The highest BCUT2D eigenvalue weighted by Crippen LogP contribution is 2.29. The summed E-state index contributed by atoms with van der Waals surface area (Å²) in [7, 11) is -4.21. The topological polar surface area (TPSA) is 57.6 Å². The van der Waals surface area contributed by atoms with Crippen molar-refractivity contribution in [2.75, 3.05) is 10.9 Å². The maximum Gasteiger partial charge on any atom is 0.264 e. The lowest BCUT2D eigenvalue weighted by atomic mass is 10.2. The fraction of sp³-hybridized carbons (Fsp3) is 0.200. The first-order valence-electron chi connectivity index (χ1n) is 6.63. The standard InChI is InChI=1S/C15H14ClF2NO3S/c1-10(9-20)19(15-8-12(17)4-7-14(15)18)23(21,22)13-5-2-11(16)3-6-13/h2-8,10,20H,9H2,1H3. The van der Waals surface area contributed by atoms with Crippen molar-refractivity contribution in [2.45, 2.75) is 17.9 Å². The zero-order valence-electron chi connectivity index (χ0n) is 12.1. The number of aliphatic hydroxyl groups is 1. The Hall–Kier alpha value is -1.70. The molecule has 1 atom stereocenters. The van der Waals surface area contributed by atoms with Gasteiger partial charge in [-0.3, -0.25) is 4.31 Å². The third kappa shape index (κ3) is 3.63. The van der Waals surface area contributed by atoms with E-state index in [2.05, 4.69) is 0 Å².